The van der Waals surface area contributed by atoms with Crippen LogP contribution in [0.4, 0.5) is 14.6 Å². The minimum Gasteiger partial charge on any atom is -0.478 e. The molecule has 4 nitrogen and oxygen atoms in total. The second-order valence-electron chi connectivity index (χ2n) is 2.70. The molecule has 0 bridgehead atoms. The molecule has 1 heterocycles. The molecule has 0 spiro atoms. The maximum Gasteiger partial charge on any atom is 0.339 e. The number of carboxylic acids is 1. The van der Waals surface area contributed by atoms with Crippen molar-refractivity contribution in [1.29, 1.82) is 0 Å². The van der Waals surface area contributed by atoms with Gasteiger partial charge in [-0.2, -0.15) is 0 Å². The van der Waals surface area contributed by atoms with Crippen molar-refractivity contribution < 1.29 is 18.7 Å². The SMILES string of the molecule is Nc1nc(CBr)c(C(F)F)cc1C(=O)O. The van der Waals surface area contributed by atoms with Gasteiger partial charge in [0.25, 0.3) is 6.43 Å². The number of hydrogen-bond acceptors (Lipinski definition) is 3. The van der Waals surface area contributed by atoms with Crippen LogP contribution in [0.15, 0.2) is 6.07 Å². The summed E-state index contributed by atoms with van der Waals surface area (Å²) in [5.74, 6) is -1.63. The summed E-state index contributed by atoms with van der Waals surface area (Å²) in [5.41, 5.74) is 4.53. The Hall–Kier alpha value is -1.24. The van der Waals surface area contributed by atoms with Crippen molar-refractivity contribution >= 4 is 27.7 Å². The summed E-state index contributed by atoms with van der Waals surface area (Å²) in [6, 6.07) is 0.853. The van der Waals surface area contributed by atoms with Gasteiger partial charge in [0.05, 0.1) is 5.69 Å². The Morgan fingerprint density at radius 1 is 1.67 bits per heavy atom. The Balaban J connectivity index is 3.37. The Morgan fingerprint density at radius 2 is 2.27 bits per heavy atom. The third-order valence-electron chi connectivity index (χ3n) is 1.76. The van der Waals surface area contributed by atoms with Gasteiger partial charge in [-0.25, -0.2) is 18.6 Å². The van der Waals surface area contributed by atoms with Gasteiger partial charge >= 0.3 is 5.97 Å². The zero-order valence-electron chi connectivity index (χ0n) is 7.38. The molecule has 1 aromatic heterocycles. The van der Waals surface area contributed by atoms with Gasteiger partial charge in [0, 0.05) is 10.9 Å². The molecule has 0 aliphatic rings. The van der Waals surface area contributed by atoms with Gasteiger partial charge in [-0.1, -0.05) is 15.9 Å². The van der Waals surface area contributed by atoms with Crippen LogP contribution in [-0.2, 0) is 5.33 Å². The quantitative estimate of drug-likeness (QED) is 0.833. The number of nitrogens with two attached hydrogens (primary N) is 1. The van der Waals surface area contributed by atoms with E-state index < -0.39 is 23.5 Å². The highest BCUT2D eigenvalue weighted by molar-refractivity contribution is 9.08. The molecular formula is C8H7BrF2N2O2. The van der Waals surface area contributed by atoms with Gasteiger partial charge in [0.2, 0.25) is 0 Å². The van der Waals surface area contributed by atoms with Crippen molar-refractivity contribution in [3.63, 3.8) is 0 Å². The second kappa shape index (κ2) is 4.52. The summed E-state index contributed by atoms with van der Waals surface area (Å²) in [4.78, 5) is 14.2. The highest BCUT2D eigenvalue weighted by Crippen LogP contribution is 2.26. The van der Waals surface area contributed by atoms with Gasteiger partial charge < -0.3 is 10.8 Å². The number of nitrogens with zero attached hydrogens (tertiary/aromatic N) is 1. The molecule has 0 fully saturated rings. The van der Waals surface area contributed by atoms with Crippen molar-refractivity contribution in [3.8, 4) is 0 Å². The second-order valence-corrected chi connectivity index (χ2v) is 3.26. The number of pyridine rings is 1. The molecule has 0 saturated heterocycles. The molecular weight excluding hydrogens is 274 g/mol. The minimum absolute atomic E-state index is 0.0486. The van der Waals surface area contributed by atoms with Crippen LogP contribution < -0.4 is 5.73 Å². The fraction of sp³-hybridized carbons (Fsp3) is 0.250. The van der Waals surface area contributed by atoms with Gasteiger partial charge in [0.1, 0.15) is 11.4 Å². The first-order valence-corrected chi connectivity index (χ1v) is 4.96. The first-order valence-electron chi connectivity index (χ1n) is 3.84. The van der Waals surface area contributed by atoms with Crippen molar-refractivity contribution in [2.45, 2.75) is 11.8 Å². The molecule has 0 atom stereocenters. The van der Waals surface area contributed by atoms with E-state index in [2.05, 4.69) is 20.9 Å². The average molecular weight is 281 g/mol. The van der Waals surface area contributed by atoms with Crippen LogP contribution in [0.25, 0.3) is 0 Å². The Bertz CT molecular complexity index is 398. The first kappa shape index (κ1) is 11.8. The molecule has 3 N–H and O–H groups in total. The smallest absolute Gasteiger partial charge is 0.339 e. The van der Waals surface area contributed by atoms with Crippen LogP contribution in [0.1, 0.15) is 28.0 Å². The predicted octanol–water partition coefficient (Wildman–Crippen LogP) is 2.19. The lowest BCUT2D eigenvalue weighted by molar-refractivity contribution is 0.0697. The number of carboxylic acid groups (broad SMARTS) is 1. The number of anilines is 1. The van der Waals surface area contributed by atoms with Gasteiger partial charge in [0.15, 0.2) is 0 Å². The van der Waals surface area contributed by atoms with E-state index in [1.165, 1.54) is 0 Å². The molecule has 15 heavy (non-hydrogen) atoms. The lowest BCUT2D eigenvalue weighted by Crippen LogP contribution is -2.09. The normalized spacial score (nSPS) is 10.7. The summed E-state index contributed by atoms with van der Waals surface area (Å²) >= 11 is 2.97. The predicted molar refractivity (Wildman–Crippen MR) is 53.2 cm³/mol. The molecule has 82 valence electrons. The van der Waals surface area contributed by atoms with Crippen LogP contribution in [0.3, 0.4) is 0 Å². The van der Waals surface area contributed by atoms with Crippen molar-refractivity contribution in [2.24, 2.45) is 0 Å². The molecule has 0 aliphatic carbocycles. The van der Waals surface area contributed by atoms with E-state index in [0.717, 1.165) is 6.07 Å². The first-order chi connectivity index (χ1) is 6.97. The van der Waals surface area contributed by atoms with Crippen LogP contribution in [-0.4, -0.2) is 16.1 Å². The van der Waals surface area contributed by atoms with Crippen molar-refractivity contribution in [3.05, 3.63) is 22.9 Å². The number of rotatable bonds is 3. The van der Waals surface area contributed by atoms with Crippen LogP contribution in [0.2, 0.25) is 0 Å². The monoisotopic (exact) mass is 280 g/mol. The average Bonchev–Trinajstić information content (AvgIpc) is 2.16. The standard InChI is InChI=1S/C8H7BrF2N2O2/c9-2-5-3(6(10)11)1-4(8(14)15)7(12)13-5/h1,6H,2H2,(H2,12,13)(H,14,15). The molecule has 0 aliphatic heterocycles. The lowest BCUT2D eigenvalue weighted by Gasteiger charge is -2.08. The van der Waals surface area contributed by atoms with Crippen LogP contribution in [0, 0.1) is 0 Å². The summed E-state index contributed by atoms with van der Waals surface area (Å²) < 4.78 is 25.0. The van der Waals surface area contributed by atoms with E-state index >= 15 is 0 Å². The third-order valence-corrected chi connectivity index (χ3v) is 2.29. The number of alkyl halides is 3. The maximum atomic E-state index is 12.5. The Labute approximate surface area is 92.2 Å². The fourth-order valence-electron chi connectivity index (χ4n) is 1.05. The molecule has 1 aromatic rings. The Morgan fingerprint density at radius 3 is 2.67 bits per heavy atom. The lowest BCUT2D eigenvalue weighted by atomic mass is 10.1. The largest absolute Gasteiger partial charge is 0.478 e. The fourth-order valence-corrected chi connectivity index (χ4v) is 1.50. The number of carbonyl (C=O) groups is 1. The number of hydrogen-bond donors (Lipinski definition) is 2. The molecule has 1 rings (SSSR count). The summed E-state index contributed by atoms with van der Waals surface area (Å²) in [6.07, 6.45) is -2.77. The number of aromatic nitrogens is 1. The van der Waals surface area contributed by atoms with Crippen molar-refractivity contribution in [2.75, 3.05) is 5.73 Å². The van der Waals surface area contributed by atoms with Gasteiger partial charge in [-0.05, 0) is 6.07 Å². The van der Waals surface area contributed by atoms with Gasteiger partial charge in [-0.3, -0.25) is 0 Å². The zero-order valence-corrected chi connectivity index (χ0v) is 8.96. The minimum atomic E-state index is -2.77. The maximum absolute atomic E-state index is 12.5. The third kappa shape index (κ3) is 2.41. The van der Waals surface area contributed by atoms with Gasteiger partial charge in [-0.15, -0.1) is 0 Å². The van der Waals surface area contributed by atoms with Crippen LogP contribution >= 0.6 is 15.9 Å². The number of halogens is 3. The molecule has 0 saturated carbocycles. The molecule has 0 radical (unpaired) electrons. The van der Waals surface area contributed by atoms with Crippen LogP contribution in [0.5, 0.6) is 0 Å². The van der Waals surface area contributed by atoms with Crippen molar-refractivity contribution in [1.82, 2.24) is 4.98 Å². The highest BCUT2D eigenvalue weighted by Gasteiger charge is 2.19. The van der Waals surface area contributed by atoms with E-state index in [-0.39, 0.29) is 16.8 Å². The highest BCUT2D eigenvalue weighted by atomic mass is 79.9. The molecule has 0 aromatic carbocycles. The van der Waals surface area contributed by atoms with E-state index in [9.17, 15) is 13.6 Å². The molecule has 7 heteroatoms. The summed E-state index contributed by atoms with van der Waals surface area (Å²) in [6.45, 7) is 0. The van der Waals surface area contributed by atoms with E-state index in [1.807, 2.05) is 0 Å². The van der Waals surface area contributed by atoms with E-state index in [0.29, 0.717) is 0 Å². The summed E-state index contributed by atoms with van der Waals surface area (Å²) in [5, 5.41) is 8.75. The topological polar surface area (TPSA) is 76.2 Å². The molecule has 0 unspecified atom stereocenters. The molecule has 0 amide bonds. The van der Waals surface area contributed by atoms with E-state index in [1.54, 1.807) is 0 Å². The summed E-state index contributed by atoms with van der Waals surface area (Å²) in [7, 11) is 0. The zero-order chi connectivity index (χ0) is 11.6. The Kier molecular flexibility index (Phi) is 3.57. The van der Waals surface area contributed by atoms with E-state index in [4.69, 9.17) is 10.8 Å². The number of nitrogen functional groups attached to an aromatic ring is 1. The number of aromatic carboxylic acids is 1.